The third-order valence-electron chi connectivity index (χ3n) is 3.61. The lowest BCUT2D eigenvalue weighted by molar-refractivity contribution is -0.134. The van der Waals surface area contributed by atoms with Gasteiger partial charge in [-0.15, -0.1) is 11.6 Å². The fourth-order valence-electron chi connectivity index (χ4n) is 2.24. The molecule has 0 bridgehead atoms. The van der Waals surface area contributed by atoms with Gasteiger partial charge in [-0.3, -0.25) is 4.79 Å². The Balaban J connectivity index is 2.08. The van der Waals surface area contributed by atoms with E-state index < -0.39 is 5.38 Å². The molecular weight excluding hydrogens is 274 g/mol. The first-order valence-electron chi connectivity index (χ1n) is 7.00. The average Bonchev–Trinajstić information content (AvgIpc) is 2.46. The normalized spacial score (nSPS) is 17.9. The van der Waals surface area contributed by atoms with Gasteiger partial charge in [-0.1, -0.05) is 45.0 Å². The smallest absolute Gasteiger partial charge is 0.245 e. The largest absolute Gasteiger partial charge is 0.378 e. The molecule has 1 aromatic rings. The zero-order valence-corrected chi connectivity index (χ0v) is 13.1. The Labute approximate surface area is 125 Å². The van der Waals surface area contributed by atoms with Crippen LogP contribution in [0.1, 0.15) is 37.3 Å². The minimum absolute atomic E-state index is 0.0292. The molecule has 20 heavy (non-hydrogen) atoms. The molecule has 2 rings (SSSR count). The van der Waals surface area contributed by atoms with E-state index in [1.165, 1.54) is 5.56 Å². The monoisotopic (exact) mass is 295 g/mol. The third-order valence-corrected chi connectivity index (χ3v) is 4.05. The lowest BCUT2D eigenvalue weighted by atomic mass is 9.86. The van der Waals surface area contributed by atoms with Gasteiger partial charge in [0.25, 0.3) is 0 Å². The molecule has 1 aliphatic heterocycles. The summed E-state index contributed by atoms with van der Waals surface area (Å²) >= 11 is 6.32. The van der Waals surface area contributed by atoms with Crippen LogP contribution in [-0.2, 0) is 14.9 Å². The molecule has 0 N–H and O–H groups in total. The van der Waals surface area contributed by atoms with E-state index in [4.69, 9.17) is 16.3 Å². The van der Waals surface area contributed by atoms with E-state index in [1.807, 2.05) is 12.1 Å². The number of carbonyl (C=O) groups is 1. The predicted octanol–water partition coefficient (Wildman–Crippen LogP) is 3.12. The van der Waals surface area contributed by atoms with E-state index in [0.29, 0.717) is 26.3 Å². The van der Waals surface area contributed by atoms with E-state index in [-0.39, 0.29) is 11.3 Å². The molecule has 0 saturated carbocycles. The molecule has 1 aromatic carbocycles. The highest BCUT2D eigenvalue weighted by Gasteiger charge is 2.25. The highest BCUT2D eigenvalue weighted by molar-refractivity contribution is 6.30. The van der Waals surface area contributed by atoms with Crippen molar-refractivity contribution in [2.24, 2.45) is 0 Å². The van der Waals surface area contributed by atoms with Gasteiger partial charge in [0.15, 0.2) is 0 Å². The van der Waals surface area contributed by atoms with Crippen LogP contribution in [0.2, 0.25) is 0 Å². The first kappa shape index (κ1) is 15.3. The number of rotatable bonds is 2. The third kappa shape index (κ3) is 3.53. The molecule has 1 unspecified atom stereocenters. The second-order valence-electron chi connectivity index (χ2n) is 6.17. The van der Waals surface area contributed by atoms with E-state index >= 15 is 0 Å². The number of amides is 1. The highest BCUT2D eigenvalue weighted by atomic mass is 35.5. The Bertz CT molecular complexity index is 458. The molecular formula is C16H22ClNO2. The van der Waals surface area contributed by atoms with Crippen LogP contribution in [0.4, 0.5) is 0 Å². The van der Waals surface area contributed by atoms with Crippen LogP contribution in [0.15, 0.2) is 24.3 Å². The number of morpholine rings is 1. The van der Waals surface area contributed by atoms with Gasteiger partial charge in [-0.05, 0) is 16.5 Å². The van der Waals surface area contributed by atoms with Crippen molar-refractivity contribution in [1.82, 2.24) is 4.90 Å². The van der Waals surface area contributed by atoms with Crippen molar-refractivity contribution in [3.63, 3.8) is 0 Å². The lowest BCUT2D eigenvalue weighted by Gasteiger charge is -2.28. The van der Waals surface area contributed by atoms with Gasteiger partial charge in [0, 0.05) is 13.1 Å². The van der Waals surface area contributed by atoms with Gasteiger partial charge in [0.1, 0.15) is 5.38 Å². The summed E-state index contributed by atoms with van der Waals surface area (Å²) in [5.41, 5.74) is 2.20. The van der Waals surface area contributed by atoms with E-state index in [0.717, 1.165) is 5.56 Å². The summed E-state index contributed by atoms with van der Waals surface area (Å²) in [6.45, 7) is 8.94. The van der Waals surface area contributed by atoms with E-state index in [1.54, 1.807) is 4.90 Å². The Morgan fingerprint density at radius 3 is 2.25 bits per heavy atom. The first-order chi connectivity index (χ1) is 9.39. The summed E-state index contributed by atoms with van der Waals surface area (Å²) in [6, 6.07) is 8.02. The molecule has 0 spiro atoms. The van der Waals surface area contributed by atoms with Crippen LogP contribution >= 0.6 is 11.6 Å². The van der Waals surface area contributed by atoms with Crippen LogP contribution in [0.3, 0.4) is 0 Å². The number of carbonyl (C=O) groups excluding carboxylic acids is 1. The van der Waals surface area contributed by atoms with E-state index in [2.05, 4.69) is 32.9 Å². The minimum atomic E-state index is -0.609. The van der Waals surface area contributed by atoms with Crippen molar-refractivity contribution >= 4 is 17.5 Å². The first-order valence-corrected chi connectivity index (χ1v) is 7.44. The summed E-state index contributed by atoms with van der Waals surface area (Å²) in [7, 11) is 0. The molecule has 0 aromatic heterocycles. The second-order valence-corrected chi connectivity index (χ2v) is 6.61. The molecule has 0 aliphatic carbocycles. The van der Waals surface area contributed by atoms with Crippen molar-refractivity contribution in [3.05, 3.63) is 35.4 Å². The molecule has 3 nitrogen and oxygen atoms in total. The number of benzene rings is 1. The van der Waals surface area contributed by atoms with Crippen LogP contribution in [0, 0.1) is 0 Å². The number of alkyl halides is 1. The van der Waals surface area contributed by atoms with Gasteiger partial charge in [-0.25, -0.2) is 0 Å². The van der Waals surface area contributed by atoms with Gasteiger partial charge >= 0.3 is 0 Å². The summed E-state index contributed by atoms with van der Waals surface area (Å²) < 4.78 is 5.25. The number of halogens is 1. The van der Waals surface area contributed by atoms with Crippen LogP contribution in [0.5, 0.6) is 0 Å². The Hall–Kier alpha value is -1.06. The SMILES string of the molecule is CC(C)(C)c1ccc(C(Cl)C(=O)N2CCOCC2)cc1. The van der Waals surface area contributed by atoms with Crippen LogP contribution < -0.4 is 0 Å². The predicted molar refractivity (Wildman–Crippen MR) is 81.1 cm³/mol. The summed E-state index contributed by atoms with van der Waals surface area (Å²) in [5.74, 6) is -0.0292. The van der Waals surface area contributed by atoms with Gasteiger partial charge in [0.05, 0.1) is 13.2 Å². The van der Waals surface area contributed by atoms with Crippen LogP contribution in [-0.4, -0.2) is 37.1 Å². The summed E-state index contributed by atoms with van der Waals surface area (Å²) in [4.78, 5) is 14.1. The fourth-order valence-corrected chi connectivity index (χ4v) is 2.52. The van der Waals surface area contributed by atoms with E-state index in [9.17, 15) is 4.79 Å². The maximum atomic E-state index is 12.3. The van der Waals surface area contributed by atoms with Gasteiger partial charge < -0.3 is 9.64 Å². The quantitative estimate of drug-likeness (QED) is 0.785. The Morgan fingerprint density at radius 2 is 1.75 bits per heavy atom. The number of ether oxygens (including phenoxy) is 1. The highest BCUT2D eigenvalue weighted by Crippen LogP contribution is 2.27. The zero-order valence-electron chi connectivity index (χ0n) is 12.4. The average molecular weight is 296 g/mol. The van der Waals surface area contributed by atoms with Gasteiger partial charge in [0.2, 0.25) is 5.91 Å². The zero-order chi connectivity index (χ0) is 14.8. The van der Waals surface area contributed by atoms with Crippen molar-refractivity contribution in [2.45, 2.75) is 31.6 Å². The van der Waals surface area contributed by atoms with Crippen molar-refractivity contribution < 1.29 is 9.53 Å². The maximum Gasteiger partial charge on any atom is 0.245 e. The van der Waals surface area contributed by atoms with Crippen molar-refractivity contribution in [2.75, 3.05) is 26.3 Å². The standard InChI is InChI=1S/C16H22ClNO2/c1-16(2,3)13-6-4-12(5-7-13)14(17)15(19)18-8-10-20-11-9-18/h4-7,14H,8-11H2,1-3H3. The van der Waals surface area contributed by atoms with Crippen molar-refractivity contribution in [3.8, 4) is 0 Å². The second kappa shape index (κ2) is 6.15. The number of hydrogen-bond acceptors (Lipinski definition) is 2. The molecule has 1 aliphatic rings. The summed E-state index contributed by atoms with van der Waals surface area (Å²) in [6.07, 6.45) is 0. The summed E-state index contributed by atoms with van der Waals surface area (Å²) in [5, 5.41) is -0.609. The van der Waals surface area contributed by atoms with Crippen LogP contribution in [0.25, 0.3) is 0 Å². The number of hydrogen-bond donors (Lipinski definition) is 0. The molecule has 1 fully saturated rings. The Morgan fingerprint density at radius 1 is 1.20 bits per heavy atom. The molecule has 110 valence electrons. The molecule has 1 saturated heterocycles. The number of nitrogens with zero attached hydrogens (tertiary/aromatic N) is 1. The molecule has 0 radical (unpaired) electrons. The molecule has 4 heteroatoms. The minimum Gasteiger partial charge on any atom is -0.378 e. The lowest BCUT2D eigenvalue weighted by Crippen LogP contribution is -2.42. The maximum absolute atomic E-state index is 12.3. The fraction of sp³-hybridized carbons (Fsp3) is 0.562. The molecule has 1 amide bonds. The molecule has 1 atom stereocenters. The Kier molecular flexibility index (Phi) is 4.71. The molecule has 1 heterocycles. The van der Waals surface area contributed by atoms with Gasteiger partial charge in [-0.2, -0.15) is 0 Å². The van der Waals surface area contributed by atoms with Crippen molar-refractivity contribution in [1.29, 1.82) is 0 Å². The topological polar surface area (TPSA) is 29.5 Å².